The van der Waals surface area contributed by atoms with E-state index in [0.29, 0.717) is 11.7 Å². The van der Waals surface area contributed by atoms with Gasteiger partial charge in [0.2, 0.25) is 6.23 Å². The van der Waals surface area contributed by atoms with E-state index >= 15 is 0 Å². The molecule has 4 N–H and O–H groups in total. The van der Waals surface area contributed by atoms with E-state index in [9.17, 15) is 13.6 Å². The van der Waals surface area contributed by atoms with Gasteiger partial charge in [-0.1, -0.05) is 24.3 Å². The molecule has 162 valence electrons. The lowest BCUT2D eigenvalue weighted by Crippen LogP contribution is -2.35. The monoisotopic (exact) mass is 446 g/mol. The lowest BCUT2D eigenvalue weighted by atomic mass is 10.0. The summed E-state index contributed by atoms with van der Waals surface area (Å²) in [6, 6.07) is 9.04. The number of nitrogen functional groups attached to an aromatic ring is 2. The van der Waals surface area contributed by atoms with Crippen molar-refractivity contribution in [3.63, 3.8) is 0 Å². The Hall–Kier alpha value is -2.89. The van der Waals surface area contributed by atoms with Crippen LogP contribution in [0, 0.1) is 0 Å². The van der Waals surface area contributed by atoms with Crippen LogP contribution in [0.1, 0.15) is 35.5 Å². The second-order valence-corrected chi connectivity index (χ2v) is 8.65. The normalized spacial score (nSPS) is 25.0. The number of anilines is 2. The first kappa shape index (κ1) is 20.0. The maximum Gasteiger partial charge on any atom is 0.351 e. The van der Waals surface area contributed by atoms with Crippen LogP contribution in [0.25, 0.3) is 0 Å². The summed E-state index contributed by atoms with van der Waals surface area (Å²) in [5.41, 5.74) is 13.4. The average Bonchev–Trinajstić information content (AvgIpc) is 3.36. The number of ether oxygens (including phenoxy) is 1. The number of benzene rings is 1. The second-order valence-electron chi connectivity index (χ2n) is 7.76. The quantitative estimate of drug-likeness (QED) is 0.633. The van der Waals surface area contributed by atoms with Gasteiger partial charge in [-0.15, -0.1) is 11.3 Å². The highest BCUT2D eigenvalue weighted by molar-refractivity contribution is 7.13. The molecule has 5 rings (SSSR count). The smallest absolute Gasteiger partial charge is 0.351 e. The zero-order valence-electron chi connectivity index (χ0n) is 16.3. The van der Waals surface area contributed by atoms with Crippen molar-refractivity contribution in [2.24, 2.45) is 0 Å². The molecule has 0 amide bonds. The van der Waals surface area contributed by atoms with Crippen molar-refractivity contribution in [1.82, 2.24) is 19.4 Å². The van der Waals surface area contributed by atoms with Crippen molar-refractivity contribution in [1.29, 1.82) is 0 Å². The molecule has 11 heteroatoms. The van der Waals surface area contributed by atoms with E-state index in [1.54, 1.807) is 0 Å². The van der Waals surface area contributed by atoms with Crippen LogP contribution in [-0.2, 0) is 11.3 Å². The molecule has 0 radical (unpaired) electrons. The molecule has 3 atom stereocenters. The summed E-state index contributed by atoms with van der Waals surface area (Å²) in [5, 5.41) is 2.35. The lowest BCUT2D eigenvalue weighted by molar-refractivity contribution is -0.119. The largest absolute Gasteiger partial charge is 0.383 e. The Morgan fingerprint density at radius 3 is 2.77 bits per heavy atom. The van der Waals surface area contributed by atoms with Crippen molar-refractivity contribution in [2.75, 3.05) is 18.0 Å². The summed E-state index contributed by atoms with van der Waals surface area (Å²) in [6.45, 7) is 0.831. The molecule has 1 saturated heterocycles. The van der Waals surface area contributed by atoms with E-state index in [1.165, 1.54) is 23.6 Å². The Morgan fingerprint density at radius 1 is 1.23 bits per heavy atom. The first-order chi connectivity index (χ1) is 14.8. The maximum atomic E-state index is 14.8. The van der Waals surface area contributed by atoms with E-state index in [4.69, 9.17) is 16.2 Å². The minimum Gasteiger partial charge on any atom is -0.383 e. The summed E-state index contributed by atoms with van der Waals surface area (Å²) in [5.74, 6) is -3.25. The first-order valence-corrected chi connectivity index (χ1v) is 10.6. The number of fused-ring (bicyclic) bond motifs is 1. The van der Waals surface area contributed by atoms with Gasteiger partial charge in [0, 0.05) is 31.1 Å². The fourth-order valence-electron chi connectivity index (χ4n) is 4.37. The van der Waals surface area contributed by atoms with Gasteiger partial charge in [-0.2, -0.15) is 4.98 Å². The Morgan fingerprint density at radius 2 is 2.03 bits per heavy atom. The third kappa shape index (κ3) is 3.58. The summed E-state index contributed by atoms with van der Waals surface area (Å²) >= 11 is 1.34. The summed E-state index contributed by atoms with van der Waals surface area (Å²) in [7, 11) is 0. The van der Waals surface area contributed by atoms with Gasteiger partial charge in [-0.3, -0.25) is 9.47 Å². The van der Waals surface area contributed by atoms with Crippen molar-refractivity contribution < 1.29 is 13.5 Å². The minimum atomic E-state index is -3.22. The number of nitrogens with zero attached hydrogens (tertiary/aromatic N) is 4. The minimum absolute atomic E-state index is 0.0284. The lowest BCUT2D eigenvalue weighted by Gasteiger charge is -2.26. The number of hydrogen-bond acceptors (Lipinski definition) is 8. The van der Waals surface area contributed by atoms with E-state index < -0.39 is 30.4 Å². The number of rotatable bonds is 4. The Labute approximate surface area is 180 Å². The van der Waals surface area contributed by atoms with Crippen LogP contribution in [0.4, 0.5) is 19.7 Å². The van der Waals surface area contributed by atoms with Gasteiger partial charge < -0.3 is 16.2 Å². The number of thiazole rings is 1. The third-order valence-corrected chi connectivity index (χ3v) is 6.33. The SMILES string of the molecule is Nc1ccn([C@@H]2O[C@H](CN3Cc4ccccc4C3c3csc(N)n3)CC2(F)F)c(=O)n1. The van der Waals surface area contributed by atoms with E-state index in [2.05, 4.69) is 14.9 Å². The van der Waals surface area contributed by atoms with Gasteiger partial charge in [0.25, 0.3) is 5.92 Å². The molecular weight excluding hydrogens is 426 g/mol. The Kier molecular flexibility index (Phi) is 4.76. The molecule has 0 spiro atoms. The van der Waals surface area contributed by atoms with Gasteiger partial charge in [-0.05, 0) is 17.2 Å². The van der Waals surface area contributed by atoms with Gasteiger partial charge in [0.1, 0.15) is 5.82 Å². The van der Waals surface area contributed by atoms with Crippen LogP contribution in [0.15, 0.2) is 46.7 Å². The first-order valence-electron chi connectivity index (χ1n) is 9.72. The fourth-order valence-corrected chi connectivity index (χ4v) is 4.95. The molecule has 2 aliphatic heterocycles. The molecule has 2 aliphatic rings. The zero-order valence-corrected chi connectivity index (χ0v) is 17.1. The number of aromatic nitrogens is 3. The van der Waals surface area contributed by atoms with Gasteiger partial charge in [0.15, 0.2) is 5.13 Å². The predicted molar refractivity (Wildman–Crippen MR) is 112 cm³/mol. The summed E-state index contributed by atoms with van der Waals surface area (Å²) in [6.07, 6.45) is -1.82. The summed E-state index contributed by atoms with van der Waals surface area (Å²) < 4.78 is 36.1. The average molecular weight is 446 g/mol. The van der Waals surface area contributed by atoms with Crippen LogP contribution in [0.5, 0.6) is 0 Å². The molecule has 1 unspecified atom stereocenters. The van der Waals surface area contributed by atoms with Crippen LogP contribution >= 0.6 is 11.3 Å². The van der Waals surface area contributed by atoms with Crippen molar-refractivity contribution in [3.8, 4) is 0 Å². The predicted octanol–water partition coefficient (Wildman–Crippen LogP) is 2.39. The van der Waals surface area contributed by atoms with Crippen LogP contribution in [0.3, 0.4) is 0 Å². The van der Waals surface area contributed by atoms with Gasteiger partial charge >= 0.3 is 5.69 Å². The highest BCUT2D eigenvalue weighted by Gasteiger charge is 2.52. The highest BCUT2D eigenvalue weighted by atomic mass is 32.1. The molecule has 31 heavy (non-hydrogen) atoms. The van der Waals surface area contributed by atoms with E-state index in [1.807, 2.05) is 29.6 Å². The number of hydrogen-bond donors (Lipinski definition) is 2. The zero-order chi connectivity index (χ0) is 21.8. The topological polar surface area (TPSA) is 112 Å². The molecule has 3 aromatic rings. The number of halogens is 2. The molecule has 4 heterocycles. The van der Waals surface area contributed by atoms with Gasteiger partial charge in [0.05, 0.1) is 17.8 Å². The highest BCUT2D eigenvalue weighted by Crippen LogP contribution is 2.45. The van der Waals surface area contributed by atoms with Gasteiger partial charge in [-0.25, -0.2) is 18.6 Å². The molecule has 0 saturated carbocycles. The van der Waals surface area contributed by atoms with Crippen LogP contribution < -0.4 is 17.2 Å². The van der Waals surface area contributed by atoms with Crippen LogP contribution in [0.2, 0.25) is 0 Å². The Balaban J connectivity index is 1.41. The molecule has 2 aromatic heterocycles. The summed E-state index contributed by atoms with van der Waals surface area (Å²) in [4.78, 5) is 22.1. The molecule has 0 bridgehead atoms. The second kappa shape index (κ2) is 7.36. The number of nitrogens with two attached hydrogens (primary N) is 2. The van der Waals surface area contributed by atoms with Crippen LogP contribution in [-0.4, -0.2) is 38.0 Å². The van der Waals surface area contributed by atoms with E-state index in [-0.39, 0.29) is 18.4 Å². The van der Waals surface area contributed by atoms with Crippen molar-refractivity contribution >= 4 is 22.3 Å². The van der Waals surface area contributed by atoms with E-state index in [0.717, 1.165) is 21.4 Å². The molecule has 1 fully saturated rings. The molecular formula is C20H20F2N6O2S. The molecule has 8 nitrogen and oxygen atoms in total. The maximum absolute atomic E-state index is 14.8. The fraction of sp³-hybridized carbons (Fsp3) is 0.350. The molecule has 1 aromatic carbocycles. The molecule has 0 aliphatic carbocycles. The standard InChI is InChI=1S/C20H20F2N6O2S/c21-20(22)7-12(30-17(20)28-6-5-15(23)26-19(28)29)9-27-8-11-3-1-2-4-13(11)16(27)14-10-31-18(24)25-14/h1-6,10,12,16-17H,7-9H2,(H2,24,25)(H2,23,26,29)/t12-,16?,17+/m0/s1. The van der Waals surface area contributed by atoms with Crippen molar-refractivity contribution in [2.45, 2.75) is 37.3 Å². The third-order valence-electron chi connectivity index (χ3n) is 5.63. The number of alkyl halides is 2. The Bertz CT molecular complexity index is 1180. The van der Waals surface area contributed by atoms with Crippen molar-refractivity contribution in [3.05, 3.63) is 69.2 Å².